The highest BCUT2D eigenvalue weighted by Crippen LogP contribution is 2.23. The van der Waals surface area contributed by atoms with E-state index in [1.54, 1.807) is 39.8 Å². The number of carbonyl (C=O) groups excluding carboxylic acids is 2. The number of amides is 1. The zero-order chi connectivity index (χ0) is 15.6. The van der Waals surface area contributed by atoms with E-state index >= 15 is 0 Å². The Bertz CT molecular complexity index is 547. The third kappa shape index (κ3) is 3.99. The van der Waals surface area contributed by atoms with Gasteiger partial charge < -0.3 is 14.2 Å². The number of pyridine rings is 1. The lowest BCUT2D eigenvalue weighted by Gasteiger charge is -2.32. The quantitative estimate of drug-likeness (QED) is 0.861. The molecular formula is C14H18N2O5. The van der Waals surface area contributed by atoms with E-state index < -0.39 is 30.1 Å². The first kappa shape index (κ1) is 15.4. The minimum Gasteiger partial charge on any atom is -0.444 e. The Labute approximate surface area is 122 Å². The average Bonchev–Trinajstić information content (AvgIpc) is 2.32. The van der Waals surface area contributed by atoms with Crippen molar-refractivity contribution in [1.29, 1.82) is 0 Å². The van der Waals surface area contributed by atoms with E-state index in [2.05, 4.69) is 10.3 Å². The molecule has 1 aliphatic heterocycles. The molecule has 0 radical (unpaired) electrons. The second-order valence-corrected chi connectivity index (χ2v) is 5.56. The average molecular weight is 294 g/mol. The lowest BCUT2D eigenvalue weighted by molar-refractivity contribution is -0.350. The van der Waals surface area contributed by atoms with Crippen LogP contribution in [0.15, 0.2) is 18.3 Å². The smallest absolute Gasteiger partial charge is 0.412 e. The second kappa shape index (κ2) is 5.79. The van der Waals surface area contributed by atoms with Gasteiger partial charge in [0.15, 0.2) is 6.29 Å². The summed E-state index contributed by atoms with van der Waals surface area (Å²) in [6, 6.07) is 3.17. The Hall–Kier alpha value is -1.99. The fourth-order valence-electron chi connectivity index (χ4n) is 1.71. The predicted octanol–water partition coefficient (Wildman–Crippen LogP) is 2.33. The van der Waals surface area contributed by atoms with Crippen LogP contribution >= 0.6 is 0 Å². The van der Waals surface area contributed by atoms with Crippen LogP contribution in [0.1, 0.15) is 38.2 Å². The maximum Gasteiger partial charge on any atom is 0.412 e. The van der Waals surface area contributed by atoms with Crippen LogP contribution < -0.4 is 5.32 Å². The summed E-state index contributed by atoms with van der Waals surface area (Å²) >= 11 is 0. The summed E-state index contributed by atoms with van der Waals surface area (Å²) in [5.41, 5.74) is -0.310. The van der Waals surface area contributed by atoms with E-state index in [0.717, 1.165) is 0 Å². The van der Waals surface area contributed by atoms with Crippen molar-refractivity contribution in [2.45, 2.75) is 45.9 Å². The molecule has 114 valence electrons. The van der Waals surface area contributed by atoms with Gasteiger partial charge in [0.1, 0.15) is 11.3 Å². The molecule has 1 amide bonds. The number of nitrogens with one attached hydrogen (secondary N) is 1. The molecular weight excluding hydrogens is 276 g/mol. The first-order valence-corrected chi connectivity index (χ1v) is 6.56. The van der Waals surface area contributed by atoms with E-state index in [9.17, 15) is 9.59 Å². The van der Waals surface area contributed by atoms with Crippen molar-refractivity contribution in [2.75, 3.05) is 5.32 Å². The van der Waals surface area contributed by atoms with Crippen molar-refractivity contribution in [1.82, 2.24) is 4.98 Å². The molecule has 0 unspecified atom stereocenters. The third-order valence-corrected chi connectivity index (χ3v) is 2.52. The molecule has 0 spiro atoms. The largest absolute Gasteiger partial charge is 0.444 e. The molecule has 1 saturated heterocycles. The van der Waals surface area contributed by atoms with E-state index in [4.69, 9.17) is 14.2 Å². The molecule has 0 bridgehead atoms. The van der Waals surface area contributed by atoms with Crippen molar-refractivity contribution < 1.29 is 23.8 Å². The predicted molar refractivity (Wildman–Crippen MR) is 73.8 cm³/mol. The monoisotopic (exact) mass is 294 g/mol. The van der Waals surface area contributed by atoms with Gasteiger partial charge in [-0.15, -0.1) is 0 Å². The van der Waals surface area contributed by atoms with Crippen LogP contribution in [-0.2, 0) is 14.2 Å². The second-order valence-electron chi connectivity index (χ2n) is 5.56. The number of nitrogens with zero attached hydrogens (tertiary/aromatic N) is 1. The molecule has 0 atom stereocenters. The van der Waals surface area contributed by atoms with Crippen molar-refractivity contribution in [3.63, 3.8) is 0 Å². The van der Waals surface area contributed by atoms with E-state index in [0.29, 0.717) is 0 Å². The summed E-state index contributed by atoms with van der Waals surface area (Å²) < 4.78 is 15.4. The minimum atomic E-state index is -0.978. The highest BCUT2D eigenvalue weighted by molar-refractivity contribution is 6.04. The summed E-state index contributed by atoms with van der Waals surface area (Å²) in [5, 5.41) is 2.51. The van der Waals surface area contributed by atoms with Gasteiger partial charge in [0.2, 0.25) is 12.1 Å². The first-order chi connectivity index (χ1) is 9.76. The lowest BCUT2D eigenvalue weighted by Crippen LogP contribution is -2.44. The summed E-state index contributed by atoms with van der Waals surface area (Å²) in [6.07, 6.45) is -0.595. The van der Waals surface area contributed by atoms with Crippen LogP contribution in [0.4, 0.5) is 10.5 Å². The number of rotatable bonds is 3. The van der Waals surface area contributed by atoms with Gasteiger partial charge in [-0.05, 0) is 39.8 Å². The van der Waals surface area contributed by atoms with E-state index in [-0.39, 0.29) is 11.4 Å². The molecule has 0 aromatic carbocycles. The third-order valence-electron chi connectivity index (χ3n) is 2.52. The zero-order valence-electron chi connectivity index (χ0n) is 12.4. The van der Waals surface area contributed by atoms with Gasteiger partial charge in [-0.25, -0.2) is 4.79 Å². The SMILES string of the molecule is CC1OC(C(=O)c2ncccc2NC(=O)OC(C)(C)C)O1. The van der Waals surface area contributed by atoms with Gasteiger partial charge >= 0.3 is 6.09 Å². The van der Waals surface area contributed by atoms with Gasteiger partial charge in [0.05, 0.1) is 5.69 Å². The van der Waals surface area contributed by atoms with Crippen LogP contribution in [0.5, 0.6) is 0 Å². The van der Waals surface area contributed by atoms with Gasteiger partial charge in [-0.3, -0.25) is 15.1 Å². The molecule has 2 rings (SSSR count). The Balaban J connectivity index is 2.10. The van der Waals surface area contributed by atoms with E-state index in [1.165, 1.54) is 6.20 Å². The van der Waals surface area contributed by atoms with E-state index in [1.807, 2.05) is 0 Å². The summed E-state index contributed by atoms with van der Waals surface area (Å²) in [5.74, 6) is -0.445. The maximum atomic E-state index is 12.2. The number of hydrogen-bond acceptors (Lipinski definition) is 6. The lowest BCUT2D eigenvalue weighted by atomic mass is 10.2. The highest BCUT2D eigenvalue weighted by atomic mass is 16.9. The summed E-state index contributed by atoms with van der Waals surface area (Å²) in [6.45, 7) is 6.93. The number of ether oxygens (including phenoxy) is 3. The Morgan fingerprint density at radius 2 is 2.00 bits per heavy atom. The maximum absolute atomic E-state index is 12.2. The molecule has 7 nitrogen and oxygen atoms in total. The molecule has 7 heteroatoms. The number of anilines is 1. The fourth-order valence-corrected chi connectivity index (χ4v) is 1.71. The normalized spacial score (nSPS) is 21.3. The Morgan fingerprint density at radius 3 is 2.57 bits per heavy atom. The van der Waals surface area contributed by atoms with Crippen molar-refractivity contribution in [2.24, 2.45) is 0 Å². The first-order valence-electron chi connectivity index (χ1n) is 6.56. The molecule has 21 heavy (non-hydrogen) atoms. The Kier molecular flexibility index (Phi) is 4.24. The van der Waals surface area contributed by atoms with Crippen molar-refractivity contribution in [3.8, 4) is 0 Å². The van der Waals surface area contributed by atoms with Crippen LogP contribution in [0.2, 0.25) is 0 Å². The van der Waals surface area contributed by atoms with Crippen LogP contribution in [-0.4, -0.2) is 35.0 Å². The van der Waals surface area contributed by atoms with Gasteiger partial charge in [0.25, 0.3) is 0 Å². The molecule has 1 aliphatic rings. The number of Topliss-reactive ketones (excluding diaryl/α,β-unsaturated/α-hetero) is 1. The molecule has 0 aliphatic carbocycles. The fraction of sp³-hybridized carbons (Fsp3) is 0.500. The molecule has 2 heterocycles. The molecule has 1 fully saturated rings. The molecule has 0 saturated carbocycles. The van der Waals surface area contributed by atoms with Gasteiger partial charge in [0, 0.05) is 6.20 Å². The van der Waals surface area contributed by atoms with Crippen molar-refractivity contribution >= 4 is 17.6 Å². The van der Waals surface area contributed by atoms with Crippen LogP contribution in [0.3, 0.4) is 0 Å². The highest BCUT2D eigenvalue weighted by Gasteiger charge is 2.36. The number of hydrogen-bond donors (Lipinski definition) is 1. The topological polar surface area (TPSA) is 86.8 Å². The molecule has 1 aromatic heterocycles. The van der Waals surface area contributed by atoms with Gasteiger partial charge in [-0.1, -0.05) is 0 Å². The summed E-state index contributed by atoms with van der Waals surface area (Å²) in [7, 11) is 0. The van der Waals surface area contributed by atoms with Gasteiger partial charge in [-0.2, -0.15) is 0 Å². The van der Waals surface area contributed by atoms with Crippen LogP contribution in [0.25, 0.3) is 0 Å². The molecule has 1 N–H and O–H groups in total. The number of aromatic nitrogens is 1. The number of carbonyl (C=O) groups is 2. The Morgan fingerprint density at radius 1 is 1.33 bits per heavy atom. The standard InChI is InChI=1S/C14H18N2O5/c1-8-19-12(20-8)11(17)10-9(6-5-7-15-10)16-13(18)21-14(2,3)4/h5-8,12H,1-4H3,(H,16,18). The number of ketones is 1. The molecule has 1 aromatic rings. The van der Waals surface area contributed by atoms with Crippen LogP contribution in [0, 0.1) is 0 Å². The zero-order valence-corrected chi connectivity index (χ0v) is 12.4. The summed E-state index contributed by atoms with van der Waals surface area (Å²) in [4.78, 5) is 27.9. The minimum absolute atomic E-state index is 0.0697. The van der Waals surface area contributed by atoms with Crippen molar-refractivity contribution in [3.05, 3.63) is 24.0 Å².